The first-order valence-electron chi connectivity index (χ1n) is 5.07. The molecule has 3 heteroatoms. The predicted molar refractivity (Wildman–Crippen MR) is 61.3 cm³/mol. The SMILES string of the molecule is COc1ccc([C@@H](N)C(C)C)c(OC)c1. The van der Waals surface area contributed by atoms with Crippen LogP contribution in [0.15, 0.2) is 18.2 Å². The van der Waals surface area contributed by atoms with Gasteiger partial charge in [-0.25, -0.2) is 0 Å². The van der Waals surface area contributed by atoms with Gasteiger partial charge in [-0.2, -0.15) is 0 Å². The lowest BCUT2D eigenvalue weighted by atomic mass is 9.96. The summed E-state index contributed by atoms with van der Waals surface area (Å²) < 4.78 is 10.4. The zero-order valence-electron chi connectivity index (χ0n) is 9.78. The lowest BCUT2D eigenvalue weighted by Gasteiger charge is -2.19. The average Bonchev–Trinajstić information content (AvgIpc) is 2.27. The van der Waals surface area contributed by atoms with E-state index in [2.05, 4.69) is 13.8 Å². The predicted octanol–water partition coefficient (Wildman–Crippen LogP) is 2.36. The number of ether oxygens (including phenoxy) is 2. The number of nitrogens with two attached hydrogens (primary N) is 1. The molecule has 0 bridgehead atoms. The zero-order valence-corrected chi connectivity index (χ0v) is 9.78. The molecule has 0 fully saturated rings. The maximum atomic E-state index is 6.08. The third-order valence-corrected chi connectivity index (χ3v) is 2.52. The molecule has 84 valence electrons. The standard InChI is InChI=1S/C12H19NO2/c1-8(2)12(13)10-6-5-9(14-3)7-11(10)15-4/h5-8,12H,13H2,1-4H3/t12-/m0/s1. The highest BCUT2D eigenvalue weighted by atomic mass is 16.5. The van der Waals surface area contributed by atoms with E-state index >= 15 is 0 Å². The number of hydrogen-bond donors (Lipinski definition) is 1. The summed E-state index contributed by atoms with van der Waals surface area (Å²) in [6.45, 7) is 4.18. The van der Waals surface area contributed by atoms with Gasteiger partial charge in [-0.3, -0.25) is 0 Å². The van der Waals surface area contributed by atoms with Gasteiger partial charge in [0.05, 0.1) is 14.2 Å². The van der Waals surface area contributed by atoms with E-state index in [4.69, 9.17) is 15.2 Å². The fourth-order valence-corrected chi connectivity index (χ4v) is 1.45. The van der Waals surface area contributed by atoms with Crippen molar-refractivity contribution in [1.29, 1.82) is 0 Å². The molecule has 1 atom stereocenters. The first-order valence-corrected chi connectivity index (χ1v) is 5.07. The molecule has 0 spiro atoms. The zero-order chi connectivity index (χ0) is 11.4. The fraction of sp³-hybridized carbons (Fsp3) is 0.500. The quantitative estimate of drug-likeness (QED) is 0.828. The van der Waals surface area contributed by atoms with Crippen LogP contribution in [0.3, 0.4) is 0 Å². The van der Waals surface area contributed by atoms with Crippen LogP contribution in [0.25, 0.3) is 0 Å². The lowest BCUT2D eigenvalue weighted by Crippen LogP contribution is -2.17. The van der Waals surface area contributed by atoms with E-state index in [-0.39, 0.29) is 6.04 Å². The summed E-state index contributed by atoms with van der Waals surface area (Å²) in [5.41, 5.74) is 7.11. The highest BCUT2D eigenvalue weighted by Crippen LogP contribution is 2.31. The molecule has 0 aliphatic rings. The second kappa shape index (κ2) is 5.03. The van der Waals surface area contributed by atoms with Crippen molar-refractivity contribution >= 4 is 0 Å². The lowest BCUT2D eigenvalue weighted by molar-refractivity contribution is 0.382. The van der Waals surface area contributed by atoms with Crippen LogP contribution in [0, 0.1) is 5.92 Å². The Morgan fingerprint density at radius 2 is 1.80 bits per heavy atom. The summed E-state index contributed by atoms with van der Waals surface area (Å²) in [6, 6.07) is 5.71. The van der Waals surface area contributed by atoms with E-state index in [1.165, 1.54) is 0 Å². The molecule has 2 N–H and O–H groups in total. The van der Waals surface area contributed by atoms with Crippen LogP contribution in [-0.2, 0) is 0 Å². The first kappa shape index (κ1) is 11.9. The minimum atomic E-state index is -0.00847. The topological polar surface area (TPSA) is 44.5 Å². The Morgan fingerprint density at radius 1 is 1.13 bits per heavy atom. The summed E-state index contributed by atoms with van der Waals surface area (Å²) in [5.74, 6) is 1.95. The number of benzene rings is 1. The number of hydrogen-bond acceptors (Lipinski definition) is 3. The molecule has 0 heterocycles. The Bertz CT molecular complexity index is 323. The van der Waals surface area contributed by atoms with Crippen molar-refractivity contribution in [3.8, 4) is 11.5 Å². The monoisotopic (exact) mass is 209 g/mol. The van der Waals surface area contributed by atoms with Gasteiger partial charge in [-0.1, -0.05) is 19.9 Å². The van der Waals surface area contributed by atoms with Crippen molar-refractivity contribution in [2.75, 3.05) is 14.2 Å². The smallest absolute Gasteiger partial charge is 0.127 e. The van der Waals surface area contributed by atoms with Crippen molar-refractivity contribution in [2.24, 2.45) is 11.7 Å². The molecular weight excluding hydrogens is 190 g/mol. The molecule has 3 nitrogen and oxygen atoms in total. The van der Waals surface area contributed by atoms with Gasteiger partial charge < -0.3 is 15.2 Å². The molecule has 0 aromatic heterocycles. The maximum absolute atomic E-state index is 6.08. The summed E-state index contributed by atoms with van der Waals surface area (Å²) >= 11 is 0. The van der Waals surface area contributed by atoms with Gasteiger partial charge in [-0.05, 0) is 12.0 Å². The highest BCUT2D eigenvalue weighted by Gasteiger charge is 2.15. The van der Waals surface area contributed by atoms with Crippen LogP contribution < -0.4 is 15.2 Å². The Labute approximate surface area is 91.2 Å². The summed E-state index contributed by atoms with van der Waals surface area (Å²) in [4.78, 5) is 0. The molecule has 0 saturated heterocycles. The molecule has 1 aromatic carbocycles. The molecular formula is C12H19NO2. The first-order chi connectivity index (χ1) is 7.10. The number of rotatable bonds is 4. The molecule has 0 saturated carbocycles. The van der Waals surface area contributed by atoms with E-state index < -0.39 is 0 Å². The van der Waals surface area contributed by atoms with E-state index in [1.807, 2.05) is 18.2 Å². The number of methoxy groups -OCH3 is 2. The van der Waals surface area contributed by atoms with Crippen LogP contribution >= 0.6 is 0 Å². The molecule has 0 amide bonds. The second-order valence-corrected chi connectivity index (χ2v) is 3.88. The summed E-state index contributed by atoms with van der Waals surface area (Å²) in [7, 11) is 3.28. The van der Waals surface area contributed by atoms with Crippen molar-refractivity contribution < 1.29 is 9.47 Å². The largest absolute Gasteiger partial charge is 0.497 e. The van der Waals surface area contributed by atoms with Crippen LogP contribution in [0.4, 0.5) is 0 Å². The molecule has 15 heavy (non-hydrogen) atoms. The average molecular weight is 209 g/mol. The Morgan fingerprint density at radius 3 is 2.27 bits per heavy atom. The molecule has 1 rings (SSSR count). The van der Waals surface area contributed by atoms with Gasteiger partial charge in [0.25, 0.3) is 0 Å². The van der Waals surface area contributed by atoms with Gasteiger partial charge in [0, 0.05) is 17.7 Å². The minimum absolute atomic E-state index is 0.00847. The highest BCUT2D eigenvalue weighted by molar-refractivity contribution is 5.42. The van der Waals surface area contributed by atoms with Crippen LogP contribution in [0.5, 0.6) is 11.5 Å². The van der Waals surface area contributed by atoms with Gasteiger partial charge in [0.1, 0.15) is 11.5 Å². The molecule has 0 radical (unpaired) electrons. The van der Waals surface area contributed by atoms with Gasteiger partial charge in [-0.15, -0.1) is 0 Å². The Kier molecular flexibility index (Phi) is 3.97. The molecule has 0 unspecified atom stereocenters. The summed E-state index contributed by atoms with van der Waals surface area (Å²) in [6.07, 6.45) is 0. The van der Waals surface area contributed by atoms with Crippen molar-refractivity contribution in [2.45, 2.75) is 19.9 Å². The molecule has 0 aliphatic heterocycles. The van der Waals surface area contributed by atoms with E-state index in [9.17, 15) is 0 Å². The van der Waals surface area contributed by atoms with E-state index in [1.54, 1.807) is 14.2 Å². The summed E-state index contributed by atoms with van der Waals surface area (Å²) in [5, 5.41) is 0. The third-order valence-electron chi connectivity index (χ3n) is 2.52. The fourth-order valence-electron chi connectivity index (χ4n) is 1.45. The van der Waals surface area contributed by atoms with Gasteiger partial charge >= 0.3 is 0 Å². The van der Waals surface area contributed by atoms with Crippen LogP contribution in [-0.4, -0.2) is 14.2 Å². The normalized spacial score (nSPS) is 12.7. The second-order valence-electron chi connectivity index (χ2n) is 3.88. The Hall–Kier alpha value is -1.22. The van der Waals surface area contributed by atoms with E-state index in [0.717, 1.165) is 17.1 Å². The third kappa shape index (κ3) is 2.63. The molecule has 0 aliphatic carbocycles. The van der Waals surface area contributed by atoms with Crippen molar-refractivity contribution in [3.63, 3.8) is 0 Å². The van der Waals surface area contributed by atoms with Crippen LogP contribution in [0.1, 0.15) is 25.5 Å². The minimum Gasteiger partial charge on any atom is -0.497 e. The van der Waals surface area contributed by atoms with Gasteiger partial charge in [0.2, 0.25) is 0 Å². The van der Waals surface area contributed by atoms with Crippen molar-refractivity contribution in [3.05, 3.63) is 23.8 Å². The molecule has 1 aromatic rings. The van der Waals surface area contributed by atoms with Crippen LogP contribution in [0.2, 0.25) is 0 Å². The van der Waals surface area contributed by atoms with E-state index in [0.29, 0.717) is 5.92 Å². The maximum Gasteiger partial charge on any atom is 0.127 e. The Balaban J connectivity index is 3.07. The van der Waals surface area contributed by atoms with Crippen molar-refractivity contribution in [1.82, 2.24) is 0 Å². The van der Waals surface area contributed by atoms with Gasteiger partial charge in [0.15, 0.2) is 0 Å².